The van der Waals surface area contributed by atoms with Crippen molar-refractivity contribution in [3.63, 3.8) is 0 Å². The number of benzene rings is 2. The molecule has 1 aliphatic rings. The van der Waals surface area contributed by atoms with E-state index < -0.39 is 22.3 Å². The van der Waals surface area contributed by atoms with Gasteiger partial charge in [-0.2, -0.15) is 4.31 Å². The van der Waals surface area contributed by atoms with Crippen molar-refractivity contribution in [2.75, 3.05) is 6.54 Å². The van der Waals surface area contributed by atoms with E-state index in [9.17, 15) is 18.3 Å². The molecule has 4 rings (SSSR count). The molecule has 160 valence electrons. The van der Waals surface area contributed by atoms with Crippen LogP contribution in [0.3, 0.4) is 0 Å². The molecule has 0 amide bonds. The zero-order chi connectivity index (χ0) is 21.8. The number of esters is 1. The molecule has 0 bridgehead atoms. The molecule has 0 saturated carbocycles. The maximum Gasteiger partial charge on any atom is 0.322 e. The molecule has 2 aromatic carbocycles. The number of fused-ring (bicyclic) bond motifs is 2. The number of carbonyl (C=O) groups excluding carboxylic acids is 1. The van der Waals surface area contributed by atoms with Gasteiger partial charge in [0.1, 0.15) is 18.0 Å². The fourth-order valence-corrected chi connectivity index (χ4v) is 5.75. The van der Waals surface area contributed by atoms with Crippen LogP contribution in [-0.4, -0.2) is 36.5 Å². The highest BCUT2D eigenvalue weighted by atomic mass is 32.3. The number of hydrogen-bond donors (Lipinski definition) is 3. The number of aromatic amines is 1. The van der Waals surface area contributed by atoms with Crippen LogP contribution in [0.2, 0.25) is 0 Å². The Bertz CT molecular complexity index is 1140. The number of carbonyl (C=O) groups is 1. The van der Waals surface area contributed by atoms with Gasteiger partial charge < -0.3 is 9.72 Å². The lowest BCUT2D eigenvalue weighted by atomic mass is 9.99. The molecule has 30 heavy (non-hydrogen) atoms. The average molecular weight is 433 g/mol. The van der Waals surface area contributed by atoms with Crippen molar-refractivity contribution in [1.29, 1.82) is 0 Å². The third kappa shape index (κ3) is 3.60. The maximum absolute atomic E-state index is 13.5. The van der Waals surface area contributed by atoms with Crippen molar-refractivity contribution in [2.45, 2.75) is 44.2 Å². The summed E-state index contributed by atoms with van der Waals surface area (Å²) in [6, 6.07) is 9.57. The molecule has 3 aromatic rings. The number of nitrogens with zero attached hydrogens (tertiary/aromatic N) is 1. The van der Waals surface area contributed by atoms with Crippen LogP contribution in [0, 0.1) is 5.82 Å². The monoisotopic (exact) mass is 432 g/mol. The van der Waals surface area contributed by atoms with Gasteiger partial charge in [-0.1, -0.05) is 6.07 Å². The van der Waals surface area contributed by atoms with Crippen LogP contribution in [0.15, 0.2) is 47.5 Å². The molecule has 0 radical (unpaired) electrons. The van der Waals surface area contributed by atoms with Crippen molar-refractivity contribution in [3.8, 4) is 11.1 Å². The molecule has 2 heterocycles. The Morgan fingerprint density at radius 1 is 1.23 bits per heavy atom. The van der Waals surface area contributed by atoms with Crippen molar-refractivity contribution in [1.82, 2.24) is 9.29 Å². The van der Waals surface area contributed by atoms with Gasteiger partial charge in [0, 0.05) is 22.7 Å². The van der Waals surface area contributed by atoms with Gasteiger partial charge in [0.2, 0.25) is 0 Å². The summed E-state index contributed by atoms with van der Waals surface area (Å²) in [5.74, 6) is -0.828. The molecular formula is C22H25FN2O4S. The Morgan fingerprint density at radius 2 is 1.97 bits per heavy atom. The summed E-state index contributed by atoms with van der Waals surface area (Å²) in [4.78, 5) is 15.8. The number of rotatable bonds is 3. The number of hydrogen-bond acceptors (Lipinski definition) is 5. The molecule has 0 fully saturated rings. The van der Waals surface area contributed by atoms with E-state index in [1.54, 1.807) is 32.9 Å². The summed E-state index contributed by atoms with van der Waals surface area (Å²) in [7, 11) is -3.30. The number of nitrogens with one attached hydrogen (secondary N) is 1. The molecule has 1 atom stereocenters. The van der Waals surface area contributed by atoms with Crippen LogP contribution >= 0.6 is 10.8 Å². The van der Waals surface area contributed by atoms with E-state index in [1.165, 1.54) is 16.4 Å². The number of H-pyrrole nitrogens is 1. The number of ether oxygens (including phenoxy) is 1. The highest BCUT2D eigenvalue weighted by molar-refractivity contribution is 8.22. The summed E-state index contributed by atoms with van der Waals surface area (Å²) in [5.41, 5.74) is 2.54. The minimum absolute atomic E-state index is 0.225. The van der Waals surface area contributed by atoms with Crippen molar-refractivity contribution >= 4 is 27.6 Å². The molecule has 1 aromatic heterocycles. The summed E-state index contributed by atoms with van der Waals surface area (Å²) in [5, 5.41) is 0.874. The lowest BCUT2D eigenvalue weighted by Crippen LogP contribution is -2.35. The first kappa shape index (κ1) is 20.9. The molecule has 0 saturated heterocycles. The molecule has 0 aliphatic carbocycles. The molecule has 1 aliphatic heterocycles. The van der Waals surface area contributed by atoms with E-state index in [4.69, 9.17) is 4.74 Å². The van der Waals surface area contributed by atoms with Crippen LogP contribution in [0.25, 0.3) is 22.0 Å². The second kappa shape index (κ2) is 7.09. The standard InChI is InChI=1S/C22H25FN2O4S/c1-13-17-9-14(18-11-24-19-10-15(23)6-7-16(18)19)5-8-20(17)30(27,28)25(13)12-21(26)29-22(2,3)4/h5-11,13,24,27-28H,12H2,1-4H3. The van der Waals surface area contributed by atoms with Gasteiger partial charge in [0.25, 0.3) is 0 Å². The Morgan fingerprint density at radius 3 is 2.67 bits per heavy atom. The molecule has 0 spiro atoms. The fraction of sp³-hybridized carbons (Fsp3) is 0.318. The average Bonchev–Trinajstić information content (AvgIpc) is 3.13. The summed E-state index contributed by atoms with van der Waals surface area (Å²) in [6.07, 6.45) is 1.81. The SMILES string of the molecule is CC1c2cc(-c3c[nH]c4cc(F)ccc34)ccc2S(O)(O)N1CC(=O)OC(C)(C)C. The topological polar surface area (TPSA) is 85.8 Å². The first-order valence-corrected chi connectivity index (χ1v) is 11.2. The third-order valence-electron chi connectivity index (χ3n) is 5.17. The van der Waals surface area contributed by atoms with E-state index in [0.29, 0.717) is 10.4 Å². The van der Waals surface area contributed by atoms with E-state index >= 15 is 0 Å². The fourth-order valence-electron chi connectivity index (χ4n) is 3.86. The summed E-state index contributed by atoms with van der Waals surface area (Å²) < 4.78 is 42.0. The Balaban J connectivity index is 1.69. The maximum atomic E-state index is 13.5. The molecule has 3 N–H and O–H groups in total. The van der Waals surface area contributed by atoms with Gasteiger partial charge >= 0.3 is 5.97 Å². The van der Waals surface area contributed by atoms with Gasteiger partial charge in [-0.25, -0.2) is 4.39 Å². The van der Waals surface area contributed by atoms with E-state index in [2.05, 4.69) is 4.98 Å². The largest absolute Gasteiger partial charge is 0.459 e. The lowest BCUT2D eigenvalue weighted by Gasteiger charge is -2.38. The lowest BCUT2D eigenvalue weighted by molar-refractivity contribution is -0.155. The van der Waals surface area contributed by atoms with Gasteiger partial charge in [0.15, 0.2) is 0 Å². The van der Waals surface area contributed by atoms with Crippen LogP contribution < -0.4 is 0 Å². The van der Waals surface area contributed by atoms with Crippen LogP contribution in [0.4, 0.5) is 4.39 Å². The molecule has 1 unspecified atom stereocenters. The number of aromatic nitrogens is 1. The highest BCUT2D eigenvalue weighted by Gasteiger charge is 2.42. The van der Waals surface area contributed by atoms with Gasteiger partial charge in [-0.05, 0) is 69.2 Å². The first-order chi connectivity index (χ1) is 14.0. The molecule has 8 heteroatoms. The van der Waals surface area contributed by atoms with Gasteiger partial charge in [-0.15, -0.1) is 10.8 Å². The Kier molecular flexibility index (Phi) is 4.93. The van der Waals surface area contributed by atoms with Crippen LogP contribution in [0.5, 0.6) is 0 Å². The zero-order valence-electron chi connectivity index (χ0n) is 17.3. The second-order valence-corrected chi connectivity index (χ2v) is 10.4. The minimum Gasteiger partial charge on any atom is -0.459 e. The normalized spacial score (nSPS) is 19.6. The van der Waals surface area contributed by atoms with Crippen LogP contribution in [-0.2, 0) is 9.53 Å². The first-order valence-electron chi connectivity index (χ1n) is 9.65. The molecular weight excluding hydrogens is 407 g/mol. The predicted octanol–water partition coefficient (Wildman–Crippen LogP) is 5.72. The van der Waals surface area contributed by atoms with Gasteiger partial charge in [-0.3, -0.25) is 13.9 Å². The quantitative estimate of drug-likeness (QED) is 0.461. The summed E-state index contributed by atoms with van der Waals surface area (Å²) in [6.45, 7) is 6.91. The Hall–Kier alpha value is -2.39. The third-order valence-corrected chi connectivity index (χ3v) is 7.23. The zero-order valence-corrected chi connectivity index (χ0v) is 18.1. The molecule has 6 nitrogen and oxygen atoms in total. The predicted molar refractivity (Wildman–Crippen MR) is 116 cm³/mol. The smallest absolute Gasteiger partial charge is 0.322 e. The van der Waals surface area contributed by atoms with Crippen molar-refractivity contribution in [2.24, 2.45) is 0 Å². The summed E-state index contributed by atoms with van der Waals surface area (Å²) >= 11 is 0. The highest BCUT2D eigenvalue weighted by Crippen LogP contribution is 2.63. The van der Waals surface area contributed by atoms with Crippen LogP contribution in [0.1, 0.15) is 39.3 Å². The minimum atomic E-state index is -3.30. The van der Waals surface area contributed by atoms with Crippen molar-refractivity contribution < 1.29 is 23.0 Å². The number of halogens is 1. The van der Waals surface area contributed by atoms with E-state index in [0.717, 1.165) is 22.1 Å². The van der Waals surface area contributed by atoms with Crippen molar-refractivity contribution in [3.05, 3.63) is 54.0 Å². The second-order valence-electron chi connectivity index (χ2n) is 8.50. The Labute approximate surface area is 176 Å². The van der Waals surface area contributed by atoms with Gasteiger partial charge in [0.05, 0.1) is 10.9 Å². The van der Waals surface area contributed by atoms with E-state index in [-0.39, 0.29) is 18.4 Å². The van der Waals surface area contributed by atoms with E-state index in [1.807, 2.05) is 25.3 Å².